The van der Waals surface area contributed by atoms with Crippen molar-refractivity contribution < 1.29 is 14.7 Å². The van der Waals surface area contributed by atoms with Gasteiger partial charge >= 0.3 is 5.97 Å². The van der Waals surface area contributed by atoms with Crippen LogP contribution in [0.15, 0.2) is 0 Å². The quantitative estimate of drug-likeness (QED) is 0.733. The highest BCUT2D eigenvalue weighted by Crippen LogP contribution is 2.03. The van der Waals surface area contributed by atoms with Crippen molar-refractivity contribution in [2.45, 2.75) is 52.6 Å². The van der Waals surface area contributed by atoms with Crippen LogP contribution in [0.4, 0.5) is 0 Å². The standard InChI is InChI=1S/C12H24N2O3/c1-9(2)14(7-6-11(16)17)10(15)8-13-12(3,4)5/h9,13H,6-8H2,1-5H3,(H,16,17). The van der Waals surface area contributed by atoms with Gasteiger partial charge in [-0.05, 0) is 34.6 Å². The molecule has 5 heteroatoms. The molecule has 0 spiro atoms. The van der Waals surface area contributed by atoms with Gasteiger partial charge in [0.2, 0.25) is 5.91 Å². The first-order valence-electron chi connectivity index (χ1n) is 5.90. The topological polar surface area (TPSA) is 69.6 Å². The summed E-state index contributed by atoms with van der Waals surface area (Å²) in [5.41, 5.74) is -0.120. The lowest BCUT2D eigenvalue weighted by Crippen LogP contribution is -2.47. The molecule has 0 aliphatic carbocycles. The Bertz CT molecular complexity index is 269. The lowest BCUT2D eigenvalue weighted by Gasteiger charge is -2.28. The zero-order valence-corrected chi connectivity index (χ0v) is 11.4. The van der Waals surface area contributed by atoms with E-state index in [1.165, 1.54) is 0 Å². The SMILES string of the molecule is CC(C)N(CCC(=O)O)C(=O)CNC(C)(C)C. The number of carbonyl (C=O) groups excluding carboxylic acids is 1. The summed E-state index contributed by atoms with van der Waals surface area (Å²) in [4.78, 5) is 24.0. The van der Waals surface area contributed by atoms with Crippen molar-refractivity contribution >= 4 is 11.9 Å². The Hall–Kier alpha value is -1.10. The third-order valence-electron chi connectivity index (χ3n) is 2.28. The summed E-state index contributed by atoms with van der Waals surface area (Å²) in [6.45, 7) is 10.2. The van der Waals surface area contributed by atoms with Crippen LogP contribution < -0.4 is 5.32 Å². The molecule has 0 radical (unpaired) electrons. The van der Waals surface area contributed by atoms with E-state index in [1.807, 2.05) is 34.6 Å². The van der Waals surface area contributed by atoms with Gasteiger partial charge in [-0.1, -0.05) is 0 Å². The molecule has 0 aliphatic rings. The van der Waals surface area contributed by atoms with Gasteiger partial charge in [-0.25, -0.2) is 0 Å². The number of aliphatic carboxylic acids is 1. The molecule has 0 aliphatic heterocycles. The largest absolute Gasteiger partial charge is 0.481 e. The van der Waals surface area contributed by atoms with Crippen molar-refractivity contribution in [1.82, 2.24) is 10.2 Å². The lowest BCUT2D eigenvalue weighted by atomic mass is 10.1. The predicted molar refractivity (Wildman–Crippen MR) is 66.9 cm³/mol. The number of hydrogen-bond donors (Lipinski definition) is 2. The van der Waals surface area contributed by atoms with Crippen molar-refractivity contribution in [2.24, 2.45) is 0 Å². The van der Waals surface area contributed by atoms with Crippen LogP contribution in [0.2, 0.25) is 0 Å². The number of carboxylic acid groups (broad SMARTS) is 1. The number of nitrogens with zero attached hydrogens (tertiary/aromatic N) is 1. The minimum absolute atomic E-state index is 0.0144. The number of rotatable bonds is 6. The van der Waals surface area contributed by atoms with Gasteiger partial charge in [0.15, 0.2) is 0 Å². The minimum atomic E-state index is -0.882. The Morgan fingerprint density at radius 2 is 1.82 bits per heavy atom. The van der Waals surface area contributed by atoms with Gasteiger partial charge in [-0.15, -0.1) is 0 Å². The van der Waals surface area contributed by atoms with Gasteiger partial charge in [0.05, 0.1) is 13.0 Å². The minimum Gasteiger partial charge on any atom is -0.481 e. The van der Waals surface area contributed by atoms with E-state index in [2.05, 4.69) is 5.32 Å². The van der Waals surface area contributed by atoms with E-state index in [-0.39, 0.29) is 37.0 Å². The smallest absolute Gasteiger partial charge is 0.305 e. The molecule has 100 valence electrons. The number of amides is 1. The van der Waals surface area contributed by atoms with Crippen LogP contribution in [0.25, 0.3) is 0 Å². The Kier molecular flexibility index (Phi) is 6.16. The van der Waals surface area contributed by atoms with Crippen LogP contribution >= 0.6 is 0 Å². The Labute approximate surface area is 103 Å². The zero-order valence-electron chi connectivity index (χ0n) is 11.4. The van der Waals surface area contributed by atoms with E-state index in [9.17, 15) is 9.59 Å². The highest BCUT2D eigenvalue weighted by Gasteiger charge is 2.19. The molecule has 1 amide bonds. The second-order valence-corrected chi connectivity index (χ2v) is 5.43. The van der Waals surface area contributed by atoms with Crippen LogP contribution in [0.3, 0.4) is 0 Å². The van der Waals surface area contributed by atoms with Gasteiger partial charge in [0, 0.05) is 18.1 Å². The van der Waals surface area contributed by atoms with Crippen molar-refractivity contribution in [3.63, 3.8) is 0 Å². The molecule has 17 heavy (non-hydrogen) atoms. The van der Waals surface area contributed by atoms with Crippen LogP contribution in [-0.4, -0.2) is 46.6 Å². The van der Waals surface area contributed by atoms with Gasteiger partial charge in [0.1, 0.15) is 0 Å². The molecule has 0 aromatic carbocycles. The average molecular weight is 244 g/mol. The van der Waals surface area contributed by atoms with E-state index in [0.29, 0.717) is 0 Å². The maximum atomic E-state index is 11.9. The van der Waals surface area contributed by atoms with Crippen molar-refractivity contribution in [2.75, 3.05) is 13.1 Å². The number of carbonyl (C=O) groups is 2. The molecule has 0 fully saturated rings. The van der Waals surface area contributed by atoms with E-state index in [0.717, 1.165) is 0 Å². The summed E-state index contributed by atoms with van der Waals surface area (Å²) < 4.78 is 0. The monoisotopic (exact) mass is 244 g/mol. The first-order chi connectivity index (χ1) is 7.63. The molecule has 0 aromatic heterocycles. The average Bonchev–Trinajstić information content (AvgIpc) is 2.12. The third kappa shape index (κ3) is 7.74. The summed E-state index contributed by atoms with van der Waals surface area (Å²) in [6, 6.07) is 0.0172. The van der Waals surface area contributed by atoms with Crippen LogP contribution in [0.5, 0.6) is 0 Å². The van der Waals surface area contributed by atoms with Crippen molar-refractivity contribution in [3.05, 3.63) is 0 Å². The van der Waals surface area contributed by atoms with E-state index >= 15 is 0 Å². The molecule has 0 heterocycles. The molecule has 5 nitrogen and oxygen atoms in total. The van der Waals surface area contributed by atoms with Crippen LogP contribution in [0, 0.1) is 0 Å². The fourth-order valence-electron chi connectivity index (χ4n) is 1.33. The predicted octanol–water partition coefficient (Wildman–Crippen LogP) is 1.09. The molecule has 0 rings (SSSR count). The summed E-state index contributed by atoms with van der Waals surface area (Å²) in [5.74, 6) is -0.941. The van der Waals surface area contributed by atoms with E-state index in [4.69, 9.17) is 5.11 Å². The Balaban J connectivity index is 4.30. The van der Waals surface area contributed by atoms with E-state index in [1.54, 1.807) is 4.90 Å². The zero-order chi connectivity index (χ0) is 13.6. The summed E-state index contributed by atoms with van der Waals surface area (Å²) in [5, 5.41) is 11.7. The van der Waals surface area contributed by atoms with Gasteiger partial charge in [-0.3, -0.25) is 9.59 Å². The number of hydrogen-bond acceptors (Lipinski definition) is 3. The molecule has 0 bridgehead atoms. The fraction of sp³-hybridized carbons (Fsp3) is 0.833. The maximum absolute atomic E-state index is 11.9. The summed E-state index contributed by atoms with van der Waals surface area (Å²) in [6.07, 6.45) is -0.0144. The van der Waals surface area contributed by atoms with Crippen LogP contribution in [-0.2, 0) is 9.59 Å². The molecule has 0 aromatic rings. The maximum Gasteiger partial charge on any atom is 0.305 e. The van der Waals surface area contributed by atoms with Crippen molar-refractivity contribution in [3.8, 4) is 0 Å². The second-order valence-electron chi connectivity index (χ2n) is 5.43. The summed E-state index contributed by atoms with van der Waals surface area (Å²) >= 11 is 0. The first-order valence-corrected chi connectivity index (χ1v) is 5.90. The third-order valence-corrected chi connectivity index (χ3v) is 2.28. The van der Waals surface area contributed by atoms with Crippen molar-refractivity contribution in [1.29, 1.82) is 0 Å². The molecule has 2 N–H and O–H groups in total. The number of carboxylic acids is 1. The van der Waals surface area contributed by atoms with Gasteiger partial charge in [-0.2, -0.15) is 0 Å². The fourth-order valence-corrected chi connectivity index (χ4v) is 1.33. The molecular formula is C12H24N2O3. The van der Waals surface area contributed by atoms with Gasteiger partial charge in [0.25, 0.3) is 0 Å². The first kappa shape index (κ1) is 15.9. The van der Waals surface area contributed by atoms with Crippen LogP contribution in [0.1, 0.15) is 41.0 Å². The van der Waals surface area contributed by atoms with E-state index < -0.39 is 5.97 Å². The number of nitrogens with one attached hydrogen (secondary N) is 1. The normalized spacial score (nSPS) is 11.6. The highest BCUT2D eigenvalue weighted by atomic mass is 16.4. The lowest BCUT2D eigenvalue weighted by molar-refractivity contribution is -0.139. The molecule has 0 atom stereocenters. The Morgan fingerprint density at radius 3 is 2.18 bits per heavy atom. The van der Waals surface area contributed by atoms with Gasteiger partial charge < -0.3 is 15.3 Å². The highest BCUT2D eigenvalue weighted by molar-refractivity contribution is 5.79. The molecular weight excluding hydrogens is 220 g/mol. The molecule has 0 saturated carbocycles. The Morgan fingerprint density at radius 1 is 1.29 bits per heavy atom. The summed E-state index contributed by atoms with van der Waals surface area (Å²) in [7, 11) is 0. The molecule has 0 unspecified atom stereocenters. The second kappa shape index (κ2) is 6.59. The molecule has 0 saturated heterocycles.